The predicted octanol–water partition coefficient (Wildman–Crippen LogP) is 2.85. The largest absolute Gasteiger partial charge is 0.326 e. The molecule has 0 saturated carbocycles. The first-order valence-electron chi connectivity index (χ1n) is 6.88. The Morgan fingerprint density at radius 1 is 1.21 bits per heavy atom. The fourth-order valence-corrected chi connectivity index (χ4v) is 4.31. The van der Waals surface area contributed by atoms with Crippen LogP contribution in [0.4, 0.5) is 0 Å². The lowest BCUT2D eigenvalue weighted by Gasteiger charge is -2.07. The molecule has 0 aromatic carbocycles. The number of sulfonamides is 1. The summed E-state index contributed by atoms with van der Waals surface area (Å²) < 4.78 is 26.7. The fraction of sp³-hybridized carbons (Fsp3) is 0.692. The van der Waals surface area contributed by atoms with Gasteiger partial charge in [-0.15, -0.1) is 11.3 Å². The number of nitrogens with two attached hydrogens (primary N) is 1. The lowest BCUT2D eigenvalue weighted by molar-refractivity contribution is 0.567. The Labute approximate surface area is 120 Å². The van der Waals surface area contributed by atoms with Crippen molar-refractivity contribution >= 4 is 21.4 Å². The molecule has 1 aromatic rings. The number of hydrogen-bond donors (Lipinski definition) is 2. The van der Waals surface area contributed by atoms with Crippen LogP contribution in [0.5, 0.6) is 0 Å². The van der Waals surface area contributed by atoms with E-state index in [9.17, 15) is 8.42 Å². The van der Waals surface area contributed by atoms with Crippen molar-refractivity contribution in [1.82, 2.24) is 4.72 Å². The summed E-state index contributed by atoms with van der Waals surface area (Å²) in [6.45, 7) is 2.96. The van der Waals surface area contributed by atoms with Gasteiger partial charge in [0.15, 0.2) is 0 Å². The number of unbranched alkanes of at least 4 members (excludes halogenated alkanes) is 5. The molecule has 110 valence electrons. The molecule has 0 spiro atoms. The second kappa shape index (κ2) is 8.68. The van der Waals surface area contributed by atoms with Crippen molar-refractivity contribution in [3.63, 3.8) is 0 Å². The standard InChI is InChI=1S/C13H24N2O2S2/c1-2-3-4-5-6-7-9-15-19(16,17)13-8-10-18-12(13)11-14/h8,10,15H,2-7,9,11,14H2,1H3. The van der Waals surface area contributed by atoms with E-state index in [0.717, 1.165) is 17.7 Å². The topological polar surface area (TPSA) is 72.2 Å². The molecule has 1 heterocycles. The van der Waals surface area contributed by atoms with Gasteiger partial charge in [0.2, 0.25) is 10.0 Å². The minimum atomic E-state index is -3.38. The van der Waals surface area contributed by atoms with Crippen LogP contribution >= 0.6 is 11.3 Å². The lowest BCUT2D eigenvalue weighted by atomic mass is 10.1. The average molecular weight is 304 g/mol. The molecule has 0 unspecified atom stereocenters. The van der Waals surface area contributed by atoms with Crippen LogP contribution in [0.2, 0.25) is 0 Å². The third-order valence-electron chi connectivity index (χ3n) is 3.00. The Balaban J connectivity index is 2.32. The molecule has 0 amide bonds. The molecule has 1 rings (SSSR count). The van der Waals surface area contributed by atoms with E-state index in [-0.39, 0.29) is 6.54 Å². The van der Waals surface area contributed by atoms with Crippen LogP contribution in [0.25, 0.3) is 0 Å². The summed E-state index contributed by atoms with van der Waals surface area (Å²) in [5.41, 5.74) is 5.53. The fourth-order valence-electron chi connectivity index (χ4n) is 1.91. The van der Waals surface area contributed by atoms with Crippen molar-refractivity contribution in [2.75, 3.05) is 6.54 Å². The van der Waals surface area contributed by atoms with Gasteiger partial charge in [0.05, 0.1) is 4.90 Å². The maximum atomic E-state index is 12.0. The molecule has 0 aliphatic carbocycles. The summed E-state index contributed by atoms with van der Waals surface area (Å²) >= 11 is 1.39. The van der Waals surface area contributed by atoms with Crippen LogP contribution in [0, 0.1) is 0 Å². The van der Waals surface area contributed by atoms with E-state index >= 15 is 0 Å². The first-order valence-corrected chi connectivity index (χ1v) is 9.24. The van der Waals surface area contributed by atoms with Gasteiger partial charge in [0.25, 0.3) is 0 Å². The smallest absolute Gasteiger partial charge is 0.241 e. The monoisotopic (exact) mass is 304 g/mol. The SMILES string of the molecule is CCCCCCCCNS(=O)(=O)c1ccsc1CN. The third-order valence-corrected chi connectivity index (χ3v) is 5.62. The summed E-state index contributed by atoms with van der Waals surface area (Å²) in [4.78, 5) is 1.06. The van der Waals surface area contributed by atoms with E-state index in [0.29, 0.717) is 11.4 Å². The van der Waals surface area contributed by atoms with Gasteiger partial charge in [-0.05, 0) is 17.9 Å². The normalized spacial score (nSPS) is 11.9. The molecule has 0 aliphatic heterocycles. The highest BCUT2D eigenvalue weighted by Crippen LogP contribution is 2.21. The Kier molecular flexibility index (Phi) is 7.60. The lowest BCUT2D eigenvalue weighted by Crippen LogP contribution is -2.25. The first kappa shape index (κ1) is 16.6. The van der Waals surface area contributed by atoms with Gasteiger partial charge >= 0.3 is 0 Å². The van der Waals surface area contributed by atoms with Gasteiger partial charge in [0, 0.05) is 18.0 Å². The molecular formula is C13H24N2O2S2. The van der Waals surface area contributed by atoms with Gasteiger partial charge in [-0.3, -0.25) is 0 Å². The zero-order valence-corrected chi connectivity index (χ0v) is 13.2. The molecule has 4 nitrogen and oxygen atoms in total. The van der Waals surface area contributed by atoms with Crippen LogP contribution in [0.3, 0.4) is 0 Å². The van der Waals surface area contributed by atoms with Crippen molar-refractivity contribution < 1.29 is 8.42 Å². The van der Waals surface area contributed by atoms with Gasteiger partial charge < -0.3 is 5.73 Å². The van der Waals surface area contributed by atoms with Crippen molar-refractivity contribution in [3.05, 3.63) is 16.3 Å². The molecule has 19 heavy (non-hydrogen) atoms. The summed E-state index contributed by atoms with van der Waals surface area (Å²) in [6, 6.07) is 1.62. The molecule has 0 bridgehead atoms. The van der Waals surface area contributed by atoms with Crippen LogP contribution < -0.4 is 10.5 Å². The van der Waals surface area contributed by atoms with Gasteiger partial charge in [0.1, 0.15) is 0 Å². The van der Waals surface area contributed by atoms with Crippen molar-refractivity contribution in [2.24, 2.45) is 5.73 Å². The summed E-state index contributed by atoms with van der Waals surface area (Å²) in [6.07, 6.45) is 6.89. The van der Waals surface area contributed by atoms with Crippen molar-refractivity contribution in [2.45, 2.75) is 56.9 Å². The summed E-state index contributed by atoms with van der Waals surface area (Å²) in [5, 5.41) is 1.77. The number of rotatable bonds is 10. The molecule has 0 fully saturated rings. The van der Waals surface area contributed by atoms with E-state index in [1.807, 2.05) is 0 Å². The number of hydrogen-bond acceptors (Lipinski definition) is 4. The second-order valence-electron chi connectivity index (χ2n) is 4.58. The first-order chi connectivity index (χ1) is 9.11. The minimum absolute atomic E-state index is 0.269. The zero-order chi connectivity index (χ0) is 14.1. The van der Waals surface area contributed by atoms with E-state index < -0.39 is 10.0 Å². The molecule has 0 aliphatic rings. The third kappa shape index (κ3) is 5.60. The minimum Gasteiger partial charge on any atom is -0.326 e. The molecular weight excluding hydrogens is 280 g/mol. The second-order valence-corrected chi connectivity index (χ2v) is 7.31. The Morgan fingerprint density at radius 2 is 1.89 bits per heavy atom. The van der Waals surface area contributed by atoms with Crippen LogP contribution in [0.15, 0.2) is 16.3 Å². The Hall–Kier alpha value is -0.430. The number of thiophene rings is 1. The zero-order valence-electron chi connectivity index (χ0n) is 11.5. The van der Waals surface area contributed by atoms with Crippen LogP contribution in [0.1, 0.15) is 50.3 Å². The van der Waals surface area contributed by atoms with Gasteiger partial charge in [-0.1, -0.05) is 39.0 Å². The Morgan fingerprint density at radius 3 is 2.58 bits per heavy atom. The summed E-state index contributed by atoms with van der Waals surface area (Å²) in [5.74, 6) is 0. The van der Waals surface area contributed by atoms with E-state index in [1.165, 1.54) is 37.0 Å². The van der Waals surface area contributed by atoms with E-state index in [2.05, 4.69) is 11.6 Å². The van der Waals surface area contributed by atoms with Crippen molar-refractivity contribution in [1.29, 1.82) is 0 Å². The molecule has 0 saturated heterocycles. The van der Waals surface area contributed by atoms with E-state index in [4.69, 9.17) is 5.73 Å². The quantitative estimate of drug-likeness (QED) is 0.653. The average Bonchev–Trinajstić information content (AvgIpc) is 2.87. The van der Waals surface area contributed by atoms with E-state index in [1.54, 1.807) is 11.4 Å². The van der Waals surface area contributed by atoms with Crippen LogP contribution in [-0.4, -0.2) is 15.0 Å². The summed E-state index contributed by atoms with van der Waals surface area (Å²) in [7, 11) is -3.38. The molecule has 1 aromatic heterocycles. The highest BCUT2D eigenvalue weighted by Gasteiger charge is 2.18. The highest BCUT2D eigenvalue weighted by atomic mass is 32.2. The predicted molar refractivity (Wildman–Crippen MR) is 80.8 cm³/mol. The van der Waals surface area contributed by atoms with Gasteiger partial charge in [-0.25, -0.2) is 13.1 Å². The van der Waals surface area contributed by atoms with Crippen LogP contribution in [-0.2, 0) is 16.6 Å². The van der Waals surface area contributed by atoms with Crippen molar-refractivity contribution in [3.8, 4) is 0 Å². The molecule has 0 radical (unpaired) electrons. The highest BCUT2D eigenvalue weighted by molar-refractivity contribution is 7.89. The Bertz CT molecular complexity index is 455. The molecule has 3 N–H and O–H groups in total. The van der Waals surface area contributed by atoms with Gasteiger partial charge in [-0.2, -0.15) is 0 Å². The maximum Gasteiger partial charge on any atom is 0.241 e. The molecule has 0 atom stereocenters. The maximum absolute atomic E-state index is 12.0. The number of nitrogens with one attached hydrogen (secondary N) is 1. The molecule has 6 heteroatoms.